The maximum Gasteiger partial charge on any atom is 0.251 e. The summed E-state index contributed by atoms with van der Waals surface area (Å²) in [4.78, 5) is 26.5. The molecule has 1 heterocycles. The molecule has 1 aliphatic carbocycles. The molecule has 5 heteroatoms. The Labute approximate surface area is 135 Å². The lowest BCUT2D eigenvalue weighted by molar-refractivity contribution is -0.134. The molecule has 4 nitrogen and oxygen atoms in total. The number of halogens is 1. The molecule has 1 atom stereocenters. The Bertz CT molecular complexity index is 571. The predicted octanol–water partition coefficient (Wildman–Crippen LogP) is 2.86. The van der Waals surface area contributed by atoms with Crippen LogP contribution in [0, 0.1) is 5.41 Å². The quantitative estimate of drug-likeness (QED) is 0.931. The summed E-state index contributed by atoms with van der Waals surface area (Å²) >= 11 is 5.81. The number of benzene rings is 1. The van der Waals surface area contributed by atoms with Crippen LogP contribution in [0.2, 0.25) is 5.02 Å². The van der Waals surface area contributed by atoms with E-state index in [1.807, 2.05) is 4.90 Å². The van der Waals surface area contributed by atoms with Crippen LogP contribution in [0.25, 0.3) is 0 Å². The van der Waals surface area contributed by atoms with Crippen molar-refractivity contribution in [3.63, 3.8) is 0 Å². The van der Waals surface area contributed by atoms with Gasteiger partial charge in [-0.25, -0.2) is 0 Å². The summed E-state index contributed by atoms with van der Waals surface area (Å²) in [7, 11) is 0. The molecular formula is C17H21ClN2O2. The summed E-state index contributed by atoms with van der Waals surface area (Å²) in [5.41, 5.74) is 1.06. The third-order valence-corrected chi connectivity index (χ3v) is 5.17. The van der Waals surface area contributed by atoms with Crippen molar-refractivity contribution < 1.29 is 9.59 Å². The number of hydrogen-bond acceptors (Lipinski definition) is 2. The maximum absolute atomic E-state index is 12.4. The molecule has 2 fully saturated rings. The molecule has 118 valence electrons. The van der Waals surface area contributed by atoms with Crippen molar-refractivity contribution in [2.45, 2.75) is 38.6 Å². The first-order valence-corrected chi connectivity index (χ1v) is 8.22. The molecule has 1 N–H and O–H groups in total. The normalized spacial score (nSPS) is 20.5. The van der Waals surface area contributed by atoms with Gasteiger partial charge in [0.15, 0.2) is 0 Å². The Kier molecular flexibility index (Phi) is 4.13. The van der Waals surface area contributed by atoms with Crippen LogP contribution in [0.15, 0.2) is 24.3 Å². The largest absolute Gasteiger partial charge is 0.341 e. The van der Waals surface area contributed by atoms with Crippen molar-refractivity contribution in [3.8, 4) is 0 Å². The molecular weight excluding hydrogens is 300 g/mol. The topological polar surface area (TPSA) is 49.4 Å². The molecule has 0 unspecified atom stereocenters. The monoisotopic (exact) mass is 320 g/mol. The van der Waals surface area contributed by atoms with Crippen LogP contribution in [-0.4, -0.2) is 35.8 Å². The molecule has 1 spiro atoms. The summed E-state index contributed by atoms with van der Waals surface area (Å²) in [6.45, 7) is 3.39. The number of carbonyl (C=O) groups excluding carboxylic acids is 2. The molecule has 1 aromatic carbocycles. The van der Waals surface area contributed by atoms with Crippen LogP contribution >= 0.6 is 11.6 Å². The van der Waals surface area contributed by atoms with Crippen LogP contribution in [0.3, 0.4) is 0 Å². The van der Waals surface area contributed by atoms with E-state index in [4.69, 9.17) is 11.6 Å². The van der Waals surface area contributed by atoms with Gasteiger partial charge in [0.1, 0.15) is 6.04 Å². The van der Waals surface area contributed by atoms with Crippen LogP contribution in [0.4, 0.5) is 0 Å². The molecule has 22 heavy (non-hydrogen) atoms. The van der Waals surface area contributed by atoms with E-state index in [0.29, 0.717) is 16.0 Å². The highest BCUT2D eigenvalue weighted by atomic mass is 35.5. The standard InChI is InChI=1S/C17H21ClN2O2/c1-12(19-15(21)13-2-4-14(18)5-3-13)16(22)20-10-8-17(6-7-17)9-11-20/h2-5,12H,6-11H2,1H3,(H,19,21)/t12-/m1/s1. The third kappa shape index (κ3) is 3.27. The van der Waals surface area contributed by atoms with Crippen LogP contribution in [0.5, 0.6) is 0 Å². The zero-order valence-corrected chi connectivity index (χ0v) is 13.5. The average Bonchev–Trinajstić information content (AvgIpc) is 3.27. The van der Waals surface area contributed by atoms with Crippen molar-refractivity contribution >= 4 is 23.4 Å². The van der Waals surface area contributed by atoms with Gasteiger partial charge in [0, 0.05) is 23.7 Å². The second kappa shape index (κ2) is 5.92. The smallest absolute Gasteiger partial charge is 0.251 e. The lowest BCUT2D eigenvalue weighted by Gasteiger charge is -2.33. The molecule has 3 rings (SSSR count). The lowest BCUT2D eigenvalue weighted by Crippen LogP contribution is -2.49. The predicted molar refractivity (Wildman–Crippen MR) is 85.9 cm³/mol. The third-order valence-electron chi connectivity index (χ3n) is 4.92. The van der Waals surface area contributed by atoms with E-state index >= 15 is 0 Å². The highest BCUT2D eigenvalue weighted by Gasteiger charge is 2.45. The summed E-state index contributed by atoms with van der Waals surface area (Å²) in [5.74, 6) is -0.231. The van der Waals surface area contributed by atoms with Crippen molar-refractivity contribution in [3.05, 3.63) is 34.9 Å². The van der Waals surface area contributed by atoms with E-state index in [1.54, 1.807) is 31.2 Å². The number of piperidine rings is 1. The van der Waals surface area contributed by atoms with Gasteiger partial charge in [-0.3, -0.25) is 9.59 Å². The first-order chi connectivity index (χ1) is 10.5. The number of nitrogens with zero attached hydrogens (tertiary/aromatic N) is 1. The Hall–Kier alpha value is -1.55. The van der Waals surface area contributed by atoms with Crippen LogP contribution < -0.4 is 5.32 Å². The first kappa shape index (κ1) is 15.3. The molecule has 1 aromatic rings. The van der Waals surface area contributed by atoms with Gasteiger partial charge >= 0.3 is 0 Å². The zero-order chi connectivity index (χ0) is 15.7. The Morgan fingerprint density at radius 1 is 1.14 bits per heavy atom. The summed E-state index contributed by atoms with van der Waals surface area (Å²) in [6, 6.07) is 6.15. The highest BCUT2D eigenvalue weighted by molar-refractivity contribution is 6.30. The molecule has 1 saturated carbocycles. The molecule has 0 aromatic heterocycles. The highest BCUT2D eigenvalue weighted by Crippen LogP contribution is 2.53. The van der Waals surface area contributed by atoms with Crippen molar-refractivity contribution in [2.75, 3.05) is 13.1 Å². The Morgan fingerprint density at radius 2 is 1.73 bits per heavy atom. The number of amides is 2. The number of rotatable bonds is 3. The van der Waals surface area contributed by atoms with Crippen LogP contribution in [-0.2, 0) is 4.79 Å². The molecule has 1 saturated heterocycles. The van der Waals surface area contributed by atoms with Gasteiger partial charge < -0.3 is 10.2 Å². The number of likely N-dealkylation sites (tertiary alicyclic amines) is 1. The lowest BCUT2D eigenvalue weighted by atomic mass is 9.93. The average molecular weight is 321 g/mol. The van der Waals surface area contributed by atoms with E-state index in [2.05, 4.69) is 5.32 Å². The van der Waals surface area contributed by atoms with E-state index in [1.165, 1.54) is 12.8 Å². The van der Waals surface area contributed by atoms with E-state index in [0.717, 1.165) is 25.9 Å². The molecule has 0 radical (unpaired) electrons. The molecule has 0 bridgehead atoms. The minimum absolute atomic E-state index is 0.0119. The minimum atomic E-state index is -0.503. The summed E-state index contributed by atoms with van der Waals surface area (Å²) in [5, 5.41) is 3.36. The summed E-state index contributed by atoms with van der Waals surface area (Å²) in [6.07, 6.45) is 4.85. The maximum atomic E-state index is 12.4. The van der Waals surface area contributed by atoms with Crippen LogP contribution in [0.1, 0.15) is 43.0 Å². The van der Waals surface area contributed by atoms with Gasteiger partial charge in [0.2, 0.25) is 5.91 Å². The number of nitrogens with one attached hydrogen (secondary N) is 1. The van der Waals surface area contributed by atoms with Gasteiger partial charge in [0.25, 0.3) is 5.91 Å². The number of hydrogen-bond donors (Lipinski definition) is 1. The van der Waals surface area contributed by atoms with Gasteiger partial charge in [-0.2, -0.15) is 0 Å². The fourth-order valence-corrected chi connectivity index (χ4v) is 3.22. The van der Waals surface area contributed by atoms with Crippen molar-refractivity contribution in [2.24, 2.45) is 5.41 Å². The molecule has 1 aliphatic heterocycles. The van der Waals surface area contributed by atoms with Crippen molar-refractivity contribution in [1.82, 2.24) is 10.2 Å². The second-order valence-corrected chi connectivity index (χ2v) is 6.96. The zero-order valence-electron chi connectivity index (χ0n) is 12.8. The minimum Gasteiger partial charge on any atom is -0.341 e. The second-order valence-electron chi connectivity index (χ2n) is 6.53. The van der Waals surface area contributed by atoms with E-state index in [-0.39, 0.29) is 11.8 Å². The van der Waals surface area contributed by atoms with Gasteiger partial charge in [0.05, 0.1) is 0 Å². The SMILES string of the molecule is C[C@@H](NC(=O)c1ccc(Cl)cc1)C(=O)N1CCC2(CC1)CC2. The molecule has 2 amide bonds. The Balaban J connectivity index is 1.54. The Morgan fingerprint density at radius 3 is 2.27 bits per heavy atom. The fraction of sp³-hybridized carbons (Fsp3) is 0.529. The van der Waals surface area contributed by atoms with Crippen molar-refractivity contribution in [1.29, 1.82) is 0 Å². The summed E-state index contributed by atoms with van der Waals surface area (Å²) < 4.78 is 0. The number of carbonyl (C=O) groups is 2. The fourth-order valence-electron chi connectivity index (χ4n) is 3.10. The van der Waals surface area contributed by atoms with Gasteiger partial charge in [-0.15, -0.1) is 0 Å². The van der Waals surface area contributed by atoms with Gasteiger partial charge in [-0.1, -0.05) is 11.6 Å². The molecule has 2 aliphatic rings. The van der Waals surface area contributed by atoms with E-state index < -0.39 is 6.04 Å². The van der Waals surface area contributed by atoms with Gasteiger partial charge in [-0.05, 0) is 62.3 Å². The first-order valence-electron chi connectivity index (χ1n) is 7.84. The van der Waals surface area contributed by atoms with E-state index in [9.17, 15) is 9.59 Å².